The molecule has 0 saturated heterocycles. The minimum atomic E-state index is -3.89. The predicted molar refractivity (Wildman–Crippen MR) is 102 cm³/mol. The number of ether oxygens (including phenoxy) is 1. The lowest BCUT2D eigenvalue weighted by atomic mass is 10.0. The van der Waals surface area contributed by atoms with Crippen molar-refractivity contribution in [2.75, 3.05) is 7.11 Å². The molecule has 2 rings (SSSR count). The smallest absolute Gasteiger partial charge is 0.324 e. The summed E-state index contributed by atoms with van der Waals surface area (Å²) < 4.78 is 32.1. The van der Waals surface area contributed by atoms with E-state index in [1.807, 2.05) is 6.07 Å². The van der Waals surface area contributed by atoms with Gasteiger partial charge in [0.05, 0.1) is 12.0 Å². The fourth-order valence-corrected chi connectivity index (χ4v) is 3.85. The van der Waals surface area contributed by atoms with E-state index in [-0.39, 0.29) is 23.0 Å². The highest BCUT2D eigenvalue weighted by atomic mass is 32.2. The maximum absolute atomic E-state index is 12.5. The Morgan fingerprint density at radius 2 is 1.59 bits per heavy atom. The number of carbonyl (C=O) groups is 2. The first-order valence-electron chi connectivity index (χ1n) is 8.52. The summed E-state index contributed by atoms with van der Waals surface area (Å²) in [6, 6.07) is 14.0. The number of hydrogen-bond donors (Lipinski definition) is 1. The van der Waals surface area contributed by atoms with Crippen LogP contribution in [-0.4, -0.2) is 33.3 Å². The molecule has 0 aliphatic carbocycles. The molecule has 0 saturated carbocycles. The van der Waals surface area contributed by atoms with E-state index >= 15 is 0 Å². The van der Waals surface area contributed by atoms with Crippen molar-refractivity contribution in [1.82, 2.24) is 4.72 Å². The number of rotatable bonds is 8. The van der Waals surface area contributed by atoms with Crippen LogP contribution in [0.5, 0.6) is 0 Å². The number of Topliss-reactive ketones (excluding diaryl/α,β-unsaturated/α-hetero) is 1. The highest BCUT2D eigenvalue weighted by Crippen LogP contribution is 2.15. The Bertz CT molecular complexity index is 890. The van der Waals surface area contributed by atoms with Gasteiger partial charge in [-0.1, -0.05) is 56.3 Å². The molecular formula is C20H23NO5S. The fourth-order valence-electron chi connectivity index (χ4n) is 2.52. The van der Waals surface area contributed by atoms with Crippen molar-refractivity contribution in [2.24, 2.45) is 5.92 Å². The van der Waals surface area contributed by atoms with Crippen LogP contribution in [0, 0.1) is 5.92 Å². The predicted octanol–water partition coefficient (Wildman–Crippen LogP) is 2.59. The molecule has 1 N–H and O–H groups in total. The van der Waals surface area contributed by atoms with Gasteiger partial charge < -0.3 is 4.74 Å². The van der Waals surface area contributed by atoms with Crippen molar-refractivity contribution in [2.45, 2.75) is 31.2 Å². The van der Waals surface area contributed by atoms with Gasteiger partial charge in [-0.3, -0.25) is 9.59 Å². The number of ketones is 1. The quantitative estimate of drug-likeness (QED) is 0.554. The summed E-state index contributed by atoms with van der Waals surface area (Å²) in [6.45, 7) is 3.45. The van der Waals surface area contributed by atoms with Crippen LogP contribution in [0.15, 0.2) is 59.5 Å². The van der Waals surface area contributed by atoms with Crippen LogP contribution < -0.4 is 4.72 Å². The Hall–Kier alpha value is -2.51. The summed E-state index contributed by atoms with van der Waals surface area (Å²) in [6.07, 6.45) is 0.175. The Morgan fingerprint density at radius 1 is 1.00 bits per heavy atom. The number of carbonyl (C=O) groups excluding carboxylic acids is 2. The Labute approximate surface area is 159 Å². The summed E-state index contributed by atoms with van der Waals surface area (Å²) in [5, 5.41) is 0. The molecule has 0 aliphatic heterocycles. The average Bonchev–Trinajstić information content (AvgIpc) is 2.66. The maximum atomic E-state index is 12.5. The number of esters is 1. The number of hydrogen-bond acceptors (Lipinski definition) is 5. The lowest BCUT2D eigenvalue weighted by Gasteiger charge is -2.19. The van der Waals surface area contributed by atoms with Gasteiger partial charge in [-0.15, -0.1) is 0 Å². The topological polar surface area (TPSA) is 89.5 Å². The Morgan fingerprint density at radius 3 is 2.11 bits per heavy atom. The van der Waals surface area contributed by atoms with Gasteiger partial charge in [0.25, 0.3) is 0 Å². The van der Waals surface area contributed by atoms with Gasteiger partial charge in [0.15, 0.2) is 5.78 Å². The highest BCUT2D eigenvalue weighted by Gasteiger charge is 2.29. The molecule has 144 valence electrons. The Kier molecular flexibility index (Phi) is 6.87. The molecule has 6 nitrogen and oxygen atoms in total. The molecule has 0 amide bonds. The van der Waals surface area contributed by atoms with Crippen LogP contribution in [0.4, 0.5) is 0 Å². The molecular weight excluding hydrogens is 366 g/mol. The van der Waals surface area contributed by atoms with E-state index in [1.54, 1.807) is 50.2 Å². The molecule has 2 aromatic carbocycles. The zero-order valence-electron chi connectivity index (χ0n) is 15.5. The fraction of sp³-hybridized carbons (Fsp3) is 0.300. The molecule has 2 aromatic rings. The second-order valence-corrected chi connectivity index (χ2v) is 8.19. The number of nitrogens with one attached hydrogen (secondary N) is 1. The van der Waals surface area contributed by atoms with Crippen molar-refractivity contribution in [3.05, 3.63) is 65.7 Å². The number of benzene rings is 2. The van der Waals surface area contributed by atoms with Gasteiger partial charge in [0.2, 0.25) is 10.0 Å². The van der Waals surface area contributed by atoms with Gasteiger partial charge in [0.1, 0.15) is 6.04 Å². The maximum Gasteiger partial charge on any atom is 0.324 e. The molecule has 0 fully saturated rings. The largest absolute Gasteiger partial charge is 0.468 e. The molecule has 1 unspecified atom stereocenters. The van der Waals surface area contributed by atoms with E-state index in [0.29, 0.717) is 11.1 Å². The van der Waals surface area contributed by atoms with Crippen LogP contribution in [0.2, 0.25) is 0 Å². The van der Waals surface area contributed by atoms with E-state index in [1.165, 1.54) is 19.2 Å². The summed E-state index contributed by atoms with van der Waals surface area (Å²) >= 11 is 0. The van der Waals surface area contributed by atoms with Crippen molar-refractivity contribution in [3.63, 3.8) is 0 Å². The summed E-state index contributed by atoms with van der Waals surface area (Å²) in [4.78, 5) is 24.0. The lowest BCUT2D eigenvalue weighted by molar-refractivity contribution is -0.143. The molecule has 0 radical (unpaired) electrons. The van der Waals surface area contributed by atoms with Crippen molar-refractivity contribution < 1.29 is 22.7 Å². The lowest BCUT2D eigenvalue weighted by Crippen LogP contribution is -2.44. The summed E-state index contributed by atoms with van der Waals surface area (Å²) in [7, 11) is -2.68. The number of sulfonamides is 1. The zero-order chi connectivity index (χ0) is 20.0. The van der Waals surface area contributed by atoms with E-state index in [4.69, 9.17) is 0 Å². The van der Waals surface area contributed by atoms with Crippen molar-refractivity contribution >= 4 is 21.8 Å². The molecule has 0 spiro atoms. The van der Waals surface area contributed by atoms with Crippen molar-refractivity contribution in [3.8, 4) is 0 Å². The van der Waals surface area contributed by atoms with Gasteiger partial charge in [-0.05, 0) is 23.6 Å². The first-order valence-corrected chi connectivity index (χ1v) is 10.00. The van der Waals surface area contributed by atoms with Crippen LogP contribution in [0.25, 0.3) is 0 Å². The molecule has 0 bridgehead atoms. The Balaban J connectivity index is 2.13. The normalized spacial score (nSPS) is 12.6. The first kappa shape index (κ1) is 20.8. The average molecular weight is 389 g/mol. The van der Waals surface area contributed by atoms with Crippen LogP contribution in [-0.2, 0) is 26.0 Å². The monoisotopic (exact) mass is 389 g/mol. The molecule has 7 heteroatoms. The summed E-state index contributed by atoms with van der Waals surface area (Å²) in [5.41, 5.74) is 1.31. The van der Waals surface area contributed by atoms with Crippen molar-refractivity contribution in [1.29, 1.82) is 0 Å². The van der Waals surface area contributed by atoms with Crippen LogP contribution >= 0.6 is 0 Å². The highest BCUT2D eigenvalue weighted by molar-refractivity contribution is 7.89. The molecule has 0 heterocycles. The van der Waals surface area contributed by atoms with Gasteiger partial charge >= 0.3 is 5.97 Å². The molecule has 0 aromatic heterocycles. The molecule has 0 aliphatic rings. The SMILES string of the molecule is COC(=O)C(NS(=O)(=O)c1ccc(CC(=O)c2ccccc2)cc1)C(C)C. The van der Waals surface area contributed by atoms with Crippen LogP contribution in [0.1, 0.15) is 29.8 Å². The first-order chi connectivity index (χ1) is 12.7. The minimum Gasteiger partial charge on any atom is -0.468 e. The standard InChI is InChI=1S/C20H23NO5S/c1-14(2)19(20(23)26-3)21-27(24,25)17-11-9-15(10-12-17)13-18(22)16-7-5-4-6-8-16/h4-12,14,19,21H,13H2,1-3H3. The van der Waals surface area contributed by atoms with E-state index in [2.05, 4.69) is 9.46 Å². The van der Waals surface area contributed by atoms with E-state index in [9.17, 15) is 18.0 Å². The zero-order valence-corrected chi connectivity index (χ0v) is 16.3. The third-order valence-corrected chi connectivity index (χ3v) is 5.56. The van der Waals surface area contributed by atoms with Gasteiger partial charge in [-0.25, -0.2) is 8.42 Å². The van der Waals surface area contributed by atoms with Gasteiger partial charge in [-0.2, -0.15) is 4.72 Å². The third-order valence-electron chi connectivity index (χ3n) is 4.10. The second-order valence-electron chi connectivity index (χ2n) is 6.48. The molecule has 1 atom stereocenters. The van der Waals surface area contributed by atoms with Crippen LogP contribution in [0.3, 0.4) is 0 Å². The second kappa shape index (κ2) is 8.92. The van der Waals surface area contributed by atoms with E-state index < -0.39 is 22.0 Å². The molecule has 27 heavy (non-hydrogen) atoms. The minimum absolute atomic E-state index is 0.0213. The summed E-state index contributed by atoms with van der Waals surface area (Å²) in [5.74, 6) is -0.955. The van der Waals surface area contributed by atoms with Gasteiger partial charge in [0, 0.05) is 12.0 Å². The third kappa shape index (κ3) is 5.48. The van der Waals surface area contributed by atoms with E-state index in [0.717, 1.165) is 0 Å². The number of methoxy groups -OCH3 is 1.